The maximum absolute atomic E-state index is 9.44. The Kier molecular flexibility index (Phi) is 4.61. The lowest BCUT2D eigenvalue weighted by atomic mass is 10.1. The Bertz CT molecular complexity index is 390. The second-order valence-electron chi connectivity index (χ2n) is 5.40. The van der Waals surface area contributed by atoms with E-state index in [0.717, 1.165) is 32.6 Å². The maximum atomic E-state index is 9.44. The molecular weight excluding hydrogens is 226 g/mol. The van der Waals surface area contributed by atoms with Crippen LogP contribution >= 0.6 is 0 Å². The summed E-state index contributed by atoms with van der Waals surface area (Å²) in [6.45, 7) is 6.80. The highest BCUT2D eigenvalue weighted by atomic mass is 16.5. The van der Waals surface area contributed by atoms with Crippen LogP contribution in [-0.4, -0.2) is 24.9 Å². The zero-order valence-electron chi connectivity index (χ0n) is 11.3. The van der Waals surface area contributed by atoms with Crippen LogP contribution in [0.5, 0.6) is 5.75 Å². The molecule has 3 nitrogen and oxygen atoms in total. The van der Waals surface area contributed by atoms with Gasteiger partial charge in [-0.05, 0) is 42.0 Å². The highest BCUT2D eigenvalue weighted by molar-refractivity contribution is 5.39. The van der Waals surface area contributed by atoms with E-state index in [1.165, 1.54) is 11.1 Å². The van der Waals surface area contributed by atoms with E-state index in [4.69, 9.17) is 4.74 Å². The molecule has 1 unspecified atom stereocenters. The number of rotatable bonds is 6. The van der Waals surface area contributed by atoms with Crippen LogP contribution in [-0.2, 0) is 11.2 Å². The van der Waals surface area contributed by atoms with Gasteiger partial charge in [-0.25, -0.2) is 0 Å². The molecule has 0 aromatic heterocycles. The normalized spacial score (nSPS) is 18.3. The number of aromatic hydroxyl groups is 1. The van der Waals surface area contributed by atoms with Crippen LogP contribution in [0.25, 0.3) is 0 Å². The third-order valence-electron chi connectivity index (χ3n) is 3.29. The summed E-state index contributed by atoms with van der Waals surface area (Å²) in [6, 6.07) is 6.10. The first-order valence-corrected chi connectivity index (χ1v) is 6.79. The molecule has 1 aromatic rings. The van der Waals surface area contributed by atoms with Crippen LogP contribution in [0.2, 0.25) is 0 Å². The summed E-state index contributed by atoms with van der Waals surface area (Å²) >= 11 is 0. The molecule has 2 N–H and O–H groups in total. The van der Waals surface area contributed by atoms with E-state index in [-0.39, 0.29) is 0 Å². The van der Waals surface area contributed by atoms with Crippen LogP contribution < -0.4 is 5.32 Å². The average Bonchev–Trinajstić information content (AvgIpc) is 2.70. The lowest BCUT2D eigenvalue weighted by molar-refractivity contribution is 0.110. The molecule has 0 aliphatic heterocycles. The maximum Gasteiger partial charge on any atom is 0.115 e. The summed E-state index contributed by atoms with van der Waals surface area (Å²) in [5, 5.41) is 13.0. The lowest BCUT2D eigenvalue weighted by Crippen LogP contribution is -2.24. The van der Waals surface area contributed by atoms with Gasteiger partial charge in [0.25, 0.3) is 0 Å². The lowest BCUT2D eigenvalue weighted by Gasteiger charge is -2.14. The van der Waals surface area contributed by atoms with Crippen molar-refractivity contribution in [2.24, 2.45) is 5.92 Å². The zero-order chi connectivity index (χ0) is 13.0. The molecule has 100 valence electrons. The van der Waals surface area contributed by atoms with Crippen molar-refractivity contribution in [2.45, 2.75) is 32.7 Å². The molecule has 1 aromatic carbocycles. The van der Waals surface area contributed by atoms with E-state index in [0.29, 0.717) is 17.7 Å². The quantitative estimate of drug-likeness (QED) is 0.762. The number of fused-ring (bicyclic) bond motifs is 1. The van der Waals surface area contributed by atoms with Crippen LogP contribution in [0, 0.1) is 5.92 Å². The van der Waals surface area contributed by atoms with Crippen LogP contribution in [0.1, 0.15) is 37.4 Å². The summed E-state index contributed by atoms with van der Waals surface area (Å²) in [6.07, 6.45) is 2.16. The molecule has 0 radical (unpaired) electrons. The van der Waals surface area contributed by atoms with E-state index < -0.39 is 0 Å². The first kappa shape index (κ1) is 13.4. The van der Waals surface area contributed by atoms with Gasteiger partial charge in [0, 0.05) is 19.2 Å². The van der Waals surface area contributed by atoms with Crippen molar-refractivity contribution in [3.8, 4) is 5.75 Å². The molecule has 1 atom stereocenters. The van der Waals surface area contributed by atoms with Crippen LogP contribution in [0.15, 0.2) is 18.2 Å². The summed E-state index contributed by atoms with van der Waals surface area (Å²) in [7, 11) is 0. The van der Waals surface area contributed by atoms with Crippen molar-refractivity contribution in [1.82, 2.24) is 5.32 Å². The predicted octanol–water partition coefficient (Wildman–Crippen LogP) is 2.64. The minimum atomic E-state index is 0.370. The fourth-order valence-electron chi connectivity index (χ4n) is 2.44. The van der Waals surface area contributed by atoms with Gasteiger partial charge in [0.05, 0.1) is 6.61 Å². The number of phenols is 1. The van der Waals surface area contributed by atoms with Gasteiger partial charge in [-0.3, -0.25) is 0 Å². The van der Waals surface area contributed by atoms with Gasteiger partial charge in [0.2, 0.25) is 0 Å². The predicted molar refractivity (Wildman–Crippen MR) is 72.8 cm³/mol. The Balaban J connectivity index is 1.76. The number of benzene rings is 1. The molecule has 0 amide bonds. The van der Waals surface area contributed by atoms with Crippen molar-refractivity contribution in [3.05, 3.63) is 29.3 Å². The Labute approximate surface area is 109 Å². The van der Waals surface area contributed by atoms with E-state index in [9.17, 15) is 5.11 Å². The number of ether oxygens (including phenoxy) is 1. The molecule has 0 saturated carbocycles. The van der Waals surface area contributed by atoms with Crippen molar-refractivity contribution in [1.29, 1.82) is 0 Å². The van der Waals surface area contributed by atoms with Gasteiger partial charge in [-0.1, -0.05) is 19.9 Å². The van der Waals surface area contributed by atoms with Gasteiger partial charge >= 0.3 is 0 Å². The summed E-state index contributed by atoms with van der Waals surface area (Å²) < 4.78 is 5.56. The number of phenolic OH excluding ortho intramolecular Hbond substituents is 1. The number of hydrogen-bond acceptors (Lipinski definition) is 3. The molecule has 0 bridgehead atoms. The summed E-state index contributed by atoms with van der Waals surface area (Å²) in [5.41, 5.74) is 2.60. The summed E-state index contributed by atoms with van der Waals surface area (Å²) in [4.78, 5) is 0. The SMILES string of the molecule is CC(C)COCCNC1CCc2cc(O)ccc21. The Morgan fingerprint density at radius 1 is 1.44 bits per heavy atom. The minimum Gasteiger partial charge on any atom is -0.508 e. The van der Waals surface area contributed by atoms with Crippen LogP contribution in [0.3, 0.4) is 0 Å². The largest absolute Gasteiger partial charge is 0.508 e. The second-order valence-corrected chi connectivity index (χ2v) is 5.40. The highest BCUT2D eigenvalue weighted by Crippen LogP contribution is 2.32. The number of aryl methyl sites for hydroxylation is 1. The van der Waals surface area contributed by atoms with Crippen molar-refractivity contribution in [2.75, 3.05) is 19.8 Å². The molecule has 3 heteroatoms. The minimum absolute atomic E-state index is 0.370. The first-order valence-electron chi connectivity index (χ1n) is 6.79. The second kappa shape index (κ2) is 6.21. The van der Waals surface area contributed by atoms with Gasteiger partial charge in [-0.2, -0.15) is 0 Å². The Morgan fingerprint density at radius 2 is 2.28 bits per heavy atom. The van der Waals surface area contributed by atoms with E-state index in [2.05, 4.69) is 19.2 Å². The van der Waals surface area contributed by atoms with Crippen molar-refractivity contribution >= 4 is 0 Å². The Hall–Kier alpha value is -1.06. The number of hydrogen-bond donors (Lipinski definition) is 2. The number of nitrogens with one attached hydrogen (secondary N) is 1. The third-order valence-corrected chi connectivity index (χ3v) is 3.29. The molecule has 1 aliphatic rings. The van der Waals surface area contributed by atoms with Gasteiger partial charge in [0.15, 0.2) is 0 Å². The average molecular weight is 249 g/mol. The van der Waals surface area contributed by atoms with E-state index >= 15 is 0 Å². The molecule has 18 heavy (non-hydrogen) atoms. The highest BCUT2D eigenvalue weighted by Gasteiger charge is 2.21. The Morgan fingerprint density at radius 3 is 3.06 bits per heavy atom. The molecular formula is C15H23NO2. The fraction of sp³-hybridized carbons (Fsp3) is 0.600. The molecule has 0 saturated heterocycles. The van der Waals surface area contributed by atoms with Crippen molar-refractivity contribution < 1.29 is 9.84 Å². The molecule has 0 fully saturated rings. The van der Waals surface area contributed by atoms with Gasteiger partial charge in [0.1, 0.15) is 5.75 Å². The first-order chi connectivity index (χ1) is 8.66. The van der Waals surface area contributed by atoms with Crippen LogP contribution in [0.4, 0.5) is 0 Å². The van der Waals surface area contributed by atoms with Gasteiger partial charge < -0.3 is 15.2 Å². The fourth-order valence-corrected chi connectivity index (χ4v) is 2.44. The van der Waals surface area contributed by atoms with E-state index in [1.54, 1.807) is 6.07 Å². The third kappa shape index (κ3) is 3.47. The van der Waals surface area contributed by atoms with E-state index in [1.807, 2.05) is 12.1 Å². The molecule has 1 aliphatic carbocycles. The van der Waals surface area contributed by atoms with Gasteiger partial charge in [-0.15, -0.1) is 0 Å². The molecule has 0 spiro atoms. The smallest absolute Gasteiger partial charge is 0.115 e. The molecule has 2 rings (SSSR count). The molecule has 0 heterocycles. The monoisotopic (exact) mass is 249 g/mol. The topological polar surface area (TPSA) is 41.5 Å². The summed E-state index contributed by atoms with van der Waals surface area (Å²) in [5.74, 6) is 0.967. The van der Waals surface area contributed by atoms with Crippen molar-refractivity contribution in [3.63, 3.8) is 0 Å². The zero-order valence-corrected chi connectivity index (χ0v) is 11.3. The standard InChI is InChI=1S/C15H23NO2/c1-11(2)10-18-8-7-16-15-6-3-12-9-13(17)4-5-14(12)15/h4-5,9,11,15-17H,3,6-8,10H2,1-2H3.